The van der Waals surface area contributed by atoms with Crippen LogP contribution in [0.5, 0.6) is 11.5 Å². The van der Waals surface area contributed by atoms with Crippen LogP contribution in [-0.2, 0) is 10.0 Å². The van der Waals surface area contributed by atoms with Crippen LogP contribution in [0.25, 0.3) is 11.3 Å². The van der Waals surface area contributed by atoms with Gasteiger partial charge in [0.25, 0.3) is 10.0 Å². The number of nitrogens with one attached hydrogen (secondary N) is 1. The number of ether oxygens (including phenoxy) is 2. The summed E-state index contributed by atoms with van der Waals surface area (Å²) in [6.07, 6.45) is 0. The van der Waals surface area contributed by atoms with Gasteiger partial charge in [0.2, 0.25) is 0 Å². The number of fused-ring (bicyclic) bond motifs is 1. The molecule has 0 bridgehead atoms. The predicted octanol–water partition coefficient (Wildman–Crippen LogP) is 4.00. The lowest BCUT2D eigenvalue weighted by molar-refractivity contribution is 0.171. The standard InChI is InChI=1S/C19H18N2O4S2/c1-12-3-4-13(2)15(9-12)16-11-26-19(20-16)21-27(22,23)14-5-6-17-18(10-14)25-8-7-24-17/h3-6,9-11H,7-8H2,1-2H3,(H,20,21). The number of nitrogens with zero attached hydrogens (tertiary/aromatic N) is 1. The Kier molecular flexibility index (Phi) is 4.53. The zero-order valence-corrected chi connectivity index (χ0v) is 16.5. The number of aryl methyl sites for hydroxylation is 2. The molecule has 2 aromatic carbocycles. The van der Waals surface area contributed by atoms with E-state index in [0.717, 1.165) is 22.4 Å². The molecule has 1 aliphatic heterocycles. The Labute approximate surface area is 161 Å². The smallest absolute Gasteiger partial charge is 0.263 e. The van der Waals surface area contributed by atoms with Crippen LogP contribution in [0.4, 0.5) is 5.13 Å². The van der Waals surface area contributed by atoms with Gasteiger partial charge in [-0.2, -0.15) is 0 Å². The van der Waals surface area contributed by atoms with E-state index in [1.54, 1.807) is 6.07 Å². The van der Waals surface area contributed by atoms with Crippen LogP contribution in [0.3, 0.4) is 0 Å². The van der Waals surface area contributed by atoms with Crippen molar-refractivity contribution in [3.05, 3.63) is 52.9 Å². The van der Waals surface area contributed by atoms with Crippen molar-refractivity contribution in [2.24, 2.45) is 0 Å². The number of sulfonamides is 1. The van der Waals surface area contributed by atoms with E-state index < -0.39 is 10.0 Å². The number of hydrogen-bond donors (Lipinski definition) is 1. The molecular formula is C19H18N2O4S2. The third-order valence-electron chi connectivity index (χ3n) is 4.22. The lowest BCUT2D eigenvalue weighted by Crippen LogP contribution is -2.17. The minimum Gasteiger partial charge on any atom is -0.486 e. The largest absolute Gasteiger partial charge is 0.486 e. The van der Waals surface area contributed by atoms with E-state index in [0.29, 0.717) is 29.8 Å². The van der Waals surface area contributed by atoms with Crippen molar-refractivity contribution in [2.75, 3.05) is 17.9 Å². The van der Waals surface area contributed by atoms with Gasteiger partial charge in [-0.3, -0.25) is 4.72 Å². The van der Waals surface area contributed by atoms with Gasteiger partial charge < -0.3 is 9.47 Å². The average Bonchev–Trinajstić information content (AvgIpc) is 3.11. The maximum absolute atomic E-state index is 12.7. The second kappa shape index (κ2) is 6.86. The highest BCUT2D eigenvalue weighted by Gasteiger charge is 2.21. The molecule has 0 radical (unpaired) electrons. The summed E-state index contributed by atoms with van der Waals surface area (Å²) in [5.74, 6) is 0.978. The van der Waals surface area contributed by atoms with Gasteiger partial charge in [-0.1, -0.05) is 17.7 Å². The first-order chi connectivity index (χ1) is 12.9. The van der Waals surface area contributed by atoms with E-state index in [-0.39, 0.29) is 4.90 Å². The summed E-state index contributed by atoms with van der Waals surface area (Å²) < 4.78 is 38.9. The van der Waals surface area contributed by atoms with Gasteiger partial charge in [-0.15, -0.1) is 11.3 Å². The molecule has 0 amide bonds. The van der Waals surface area contributed by atoms with Crippen LogP contribution < -0.4 is 14.2 Å². The SMILES string of the molecule is Cc1ccc(C)c(-c2csc(NS(=O)(=O)c3ccc4c(c3)OCCO4)n2)c1. The van der Waals surface area contributed by atoms with Crippen LogP contribution in [0, 0.1) is 13.8 Å². The van der Waals surface area contributed by atoms with E-state index >= 15 is 0 Å². The maximum atomic E-state index is 12.7. The van der Waals surface area contributed by atoms with E-state index in [9.17, 15) is 8.42 Å². The van der Waals surface area contributed by atoms with Crippen molar-refractivity contribution in [2.45, 2.75) is 18.7 Å². The topological polar surface area (TPSA) is 77.5 Å². The first kappa shape index (κ1) is 17.8. The molecule has 0 aliphatic carbocycles. The molecule has 0 spiro atoms. The van der Waals surface area contributed by atoms with E-state index in [1.165, 1.54) is 23.5 Å². The van der Waals surface area contributed by atoms with Crippen molar-refractivity contribution in [3.8, 4) is 22.8 Å². The van der Waals surface area contributed by atoms with Crippen molar-refractivity contribution >= 4 is 26.5 Å². The minimum absolute atomic E-state index is 0.107. The van der Waals surface area contributed by atoms with Crippen LogP contribution in [0.15, 0.2) is 46.7 Å². The molecule has 6 nitrogen and oxygen atoms in total. The molecule has 1 N–H and O–H groups in total. The molecule has 1 aliphatic rings. The van der Waals surface area contributed by atoms with Crippen molar-refractivity contribution in [1.29, 1.82) is 0 Å². The fourth-order valence-corrected chi connectivity index (χ4v) is 4.80. The van der Waals surface area contributed by atoms with E-state index in [2.05, 4.69) is 9.71 Å². The number of benzene rings is 2. The number of anilines is 1. The number of thiazole rings is 1. The number of aromatic nitrogens is 1. The third kappa shape index (κ3) is 3.63. The van der Waals surface area contributed by atoms with Gasteiger partial charge >= 0.3 is 0 Å². The van der Waals surface area contributed by atoms with Gasteiger partial charge in [-0.05, 0) is 37.6 Å². The first-order valence-corrected chi connectivity index (χ1v) is 10.7. The average molecular weight is 402 g/mol. The lowest BCUT2D eigenvalue weighted by Gasteiger charge is -2.18. The zero-order chi connectivity index (χ0) is 19.0. The second-order valence-electron chi connectivity index (χ2n) is 6.27. The number of hydrogen-bond acceptors (Lipinski definition) is 6. The molecular weight excluding hydrogens is 384 g/mol. The van der Waals surface area contributed by atoms with Crippen molar-refractivity contribution in [1.82, 2.24) is 4.98 Å². The monoisotopic (exact) mass is 402 g/mol. The Bertz CT molecular complexity index is 1110. The third-order valence-corrected chi connectivity index (χ3v) is 6.44. The van der Waals surface area contributed by atoms with Crippen LogP contribution in [-0.4, -0.2) is 26.6 Å². The minimum atomic E-state index is -3.77. The summed E-state index contributed by atoms with van der Waals surface area (Å²) in [5, 5.41) is 2.17. The summed E-state index contributed by atoms with van der Waals surface area (Å²) in [6.45, 7) is 4.88. The first-order valence-electron chi connectivity index (χ1n) is 8.38. The maximum Gasteiger partial charge on any atom is 0.263 e. The van der Waals surface area contributed by atoms with Gasteiger partial charge in [0.15, 0.2) is 16.6 Å². The summed E-state index contributed by atoms with van der Waals surface area (Å²) in [6, 6.07) is 10.7. The van der Waals surface area contributed by atoms with Crippen LogP contribution in [0.1, 0.15) is 11.1 Å². The van der Waals surface area contributed by atoms with Crippen molar-refractivity contribution < 1.29 is 17.9 Å². The molecule has 140 valence electrons. The molecule has 0 saturated heterocycles. The molecule has 2 heterocycles. The molecule has 0 saturated carbocycles. The van der Waals surface area contributed by atoms with Gasteiger partial charge in [0.1, 0.15) is 13.2 Å². The molecule has 0 unspecified atom stereocenters. The van der Waals surface area contributed by atoms with Crippen LogP contribution in [0.2, 0.25) is 0 Å². The Morgan fingerprint density at radius 3 is 2.63 bits per heavy atom. The predicted molar refractivity (Wildman–Crippen MR) is 105 cm³/mol. The molecule has 8 heteroatoms. The molecule has 3 aromatic rings. The lowest BCUT2D eigenvalue weighted by atomic mass is 10.0. The van der Waals surface area contributed by atoms with Crippen LogP contribution >= 0.6 is 11.3 Å². The molecule has 4 rings (SSSR count). The highest BCUT2D eigenvalue weighted by molar-refractivity contribution is 7.93. The quantitative estimate of drug-likeness (QED) is 0.714. The van der Waals surface area contributed by atoms with Gasteiger partial charge in [0, 0.05) is 17.0 Å². The summed E-state index contributed by atoms with van der Waals surface area (Å²) in [4.78, 5) is 4.56. The highest BCUT2D eigenvalue weighted by Crippen LogP contribution is 2.34. The Hall–Kier alpha value is -2.58. The highest BCUT2D eigenvalue weighted by atomic mass is 32.2. The second-order valence-corrected chi connectivity index (χ2v) is 8.81. The van der Waals surface area contributed by atoms with Gasteiger partial charge in [-0.25, -0.2) is 13.4 Å². The number of rotatable bonds is 4. The van der Waals surface area contributed by atoms with E-state index in [4.69, 9.17) is 9.47 Å². The summed E-state index contributed by atoms with van der Waals surface area (Å²) >= 11 is 1.25. The summed E-state index contributed by atoms with van der Waals surface area (Å²) in [5.41, 5.74) is 3.96. The fourth-order valence-electron chi connectivity index (χ4n) is 2.82. The molecule has 0 fully saturated rings. The Morgan fingerprint density at radius 1 is 1.04 bits per heavy atom. The fraction of sp³-hybridized carbons (Fsp3) is 0.211. The Morgan fingerprint density at radius 2 is 1.81 bits per heavy atom. The van der Waals surface area contributed by atoms with Crippen molar-refractivity contribution in [3.63, 3.8) is 0 Å². The molecule has 27 heavy (non-hydrogen) atoms. The summed E-state index contributed by atoms with van der Waals surface area (Å²) in [7, 11) is -3.77. The molecule has 0 atom stereocenters. The normalized spacial score (nSPS) is 13.4. The van der Waals surface area contributed by atoms with Gasteiger partial charge in [0.05, 0.1) is 10.6 Å². The Balaban J connectivity index is 1.60. The zero-order valence-electron chi connectivity index (χ0n) is 14.9. The molecule has 1 aromatic heterocycles. The van der Waals surface area contributed by atoms with E-state index in [1.807, 2.05) is 37.4 Å².